The molecule has 1 atom stereocenters. The smallest absolute Gasteiger partial charge is 0.242 e. The van der Waals surface area contributed by atoms with E-state index in [4.69, 9.17) is 0 Å². The van der Waals surface area contributed by atoms with Crippen molar-refractivity contribution in [1.29, 1.82) is 0 Å². The normalized spacial score (nSPS) is 13.7. The van der Waals surface area contributed by atoms with Crippen molar-refractivity contribution >= 4 is 18.6 Å². The van der Waals surface area contributed by atoms with Crippen molar-refractivity contribution in [2.24, 2.45) is 0 Å². The first kappa shape index (κ1) is 20.8. The number of nitrogens with one attached hydrogen (secondary N) is 1. The fourth-order valence-electron chi connectivity index (χ4n) is 2.07. The number of likely N-dealkylation sites (N-methyl/N-ethyl adjacent to an activating group) is 1. The summed E-state index contributed by atoms with van der Waals surface area (Å²) in [5, 5.41) is 2.55. The topological polar surface area (TPSA) is 66.5 Å². The lowest BCUT2D eigenvalue weighted by Gasteiger charge is -2.27. The van der Waals surface area contributed by atoms with Crippen LogP contribution in [0.4, 0.5) is 0 Å². The Labute approximate surface area is 139 Å². The Morgan fingerprint density at radius 2 is 2.00 bits per heavy atom. The Balaban J connectivity index is 5.39. The molecule has 0 spiro atoms. The van der Waals surface area contributed by atoms with E-state index in [2.05, 4.69) is 5.32 Å². The lowest BCUT2D eigenvalue weighted by atomic mass is 10.0. The average molecular weight is 320 g/mol. The summed E-state index contributed by atoms with van der Waals surface area (Å²) in [7, 11) is 1.52. The van der Waals surface area contributed by atoms with E-state index in [1.165, 1.54) is 11.9 Å². The number of carbonyl (C=O) groups excluding carboxylic acids is 3. The van der Waals surface area contributed by atoms with Gasteiger partial charge in [0.05, 0.1) is 0 Å². The number of carbonyl (C=O) groups is 3. The molecule has 0 bridgehead atoms. The third kappa shape index (κ3) is 7.58. The summed E-state index contributed by atoms with van der Waals surface area (Å²) in [5.74, 6) is -0.263. The minimum absolute atomic E-state index is 0.236. The van der Waals surface area contributed by atoms with Gasteiger partial charge in [0.2, 0.25) is 12.3 Å². The number of hydrogen-bond donors (Lipinski definition) is 1. The molecule has 5 heteroatoms. The van der Waals surface area contributed by atoms with Gasteiger partial charge in [0.1, 0.15) is 12.3 Å². The fourth-order valence-corrected chi connectivity index (χ4v) is 2.07. The van der Waals surface area contributed by atoms with Gasteiger partial charge in [-0.05, 0) is 32.3 Å². The number of hydrogen-bond acceptors (Lipinski definition) is 3. The minimum atomic E-state index is -0.647. The molecule has 5 nitrogen and oxygen atoms in total. The molecular formula is C18H28N2O3. The van der Waals surface area contributed by atoms with Crippen LogP contribution in [0.25, 0.3) is 0 Å². The van der Waals surface area contributed by atoms with Crippen LogP contribution < -0.4 is 5.32 Å². The molecule has 0 saturated heterocycles. The zero-order chi connectivity index (χ0) is 17.7. The van der Waals surface area contributed by atoms with E-state index in [0.717, 1.165) is 23.9 Å². The maximum atomic E-state index is 12.0. The predicted octanol–water partition coefficient (Wildman–Crippen LogP) is 2.40. The molecule has 0 fully saturated rings. The van der Waals surface area contributed by atoms with E-state index in [1.54, 1.807) is 0 Å². The summed E-state index contributed by atoms with van der Waals surface area (Å²) >= 11 is 0. The maximum absolute atomic E-state index is 12.0. The average Bonchev–Trinajstić information content (AvgIpc) is 2.58. The second-order valence-electron chi connectivity index (χ2n) is 5.15. The largest absolute Gasteiger partial charge is 0.357 e. The third-order valence-electron chi connectivity index (χ3n) is 3.60. The molecule has 0 heterocycles. The number of amides is 2. The second kappa shape index (κ2) is 12.4. The molecule has 0 radical (unpaired) electrons. The lowest BCUT2D eigenvalue weighted by molar-refractivity contribution is -0.132. The van der Waals surface area contributed by atoms with Gasteiger partial charge in [-0.25, -0.2) is 0 Å². The van der Waals surface area contributed by atoms with Crippen molar-refractivity contribution in [3.05, 3.63) is 35.5 Å². The van der Waals surface area contributed by atoms with E-state index in [-0.39, 0.29) is 12.3 Å². The Hall–Kier alpha value is -2.17. The molecule has 1 N–H and O–H groups in total. The summed E-state index contributed by atoms with van der Waals surface area (Å²) < 4.78 is 0. The van der Waals surface area contributed by atoms with Crippen LogP contribution in [-0.4, -0.2) is 43.1 Å². The molecule has 0 aromatic heterocycles. The highest BCUT2D eigenvalue weighted by atomic mass is 16.2. The van der Waals surface area contributed by atoms with Gasteiger partial charge in [-0.15, -0.1) is 0 Å². The molecule has 2 amide bonds. The number of rotatable bonds is 11. The Morgan fingerprint density at radius 1 is 1.30 bits per heavy atom. The number of allylic oxidation sites excluding steroid dienone is 4. The molecule has 0 aliphatic heterocycles. The van der Waals surface area contributed by atoms with Crippen LogP contribution in [0.15, 0.2) is 35.5 Å². The van der Waals surface area contributed by atoms with Crippen molar-refractivity contribution in [3.8, 4) is 0 Å². The molecular weight excluding hydrogens is 292 g/mol. The van der Waals surface area contributed by atoms with Gasteiger partial charge in [-0.1, -0.05) is 36.8 Å². The van der Waals surface area contributed by atoms with Gasteiger partial charge < -0.3 is 15.0 Å². The second-order valence-corrected chi connectivity index (χ2v) is 5.15. The number of aldehydes is 1. The molecule has 0 saturated carbocycles. The van der Waals surface area contributed by atoms with Crippen LogP contribution in [0.2, 0.25) is 0 Å². The van der Waals surface area contributed by atoms with E-state index in [1.807, 2.05) is 45.1 Å². The van der Waals surface area contributed by atoms with Crippen molar-refractivity contribution in [1.82, 2.24) is 10.2 Å². The zero-order valence-electron chi connectivity index (χ0n) is 14.5. The van der Waals surface area contributed by atoms with Crippen LogP contribution in [0.3, 0.4) is 0 Å². The lowest BCUT2D eigenvalue weighted by Crippen LogP contribution is -2.46. The molecule has 0 aromatic carbocycles. The molecule has 0 rings (SSSR count). The monoisotopic (exact) mass is 320 g/mol. The predicted molar refractivity (Wildman–Crippen MR) is 92.9 cm³/mol. The molecule has 1 unspecified atom stereocenters. The van der Waals surface area contributed by atoms with Crippen LogP contribution >= 0.6 is 0 Å². The van der Waals surface area contributed by atoms with E-state index >= 15 is 0 Å². The summed E-state index contributed by atoms with van der Waals surface area (Å²) in [5.41, 5.74) is 2.01. The quantitative estimate of drug-likeness (QED) is 0.469. The van der Waals surface area contributed by atoms with Crippen LogP contribution in [0, 0.1) is 0 Å². The van der Waals surface area contributed by atoms with Crippen molar-refractivity contribution in [2.45, 2.75) is 46.1 Å². The summed E-state index contributed by atoms with van der Waals surface area (Å²) in [6.45, 7) is 6.27. The summed E-state index contributed by atoms with van der Waals surface area (Å²) in [4.78, 5) is 35.6. The molecule has 0 aromatic rings. The van der Waals surface area contributed by atoms with E-state index in [9.17, 15) is 14.4 Å². The highest BCUT2D eigenvalue weighted by molar-refractivity contribution is 5.83. The maximum Gasteiger partial charge on any atom is 0.242 e. The van der Waals surface area contributed by atoms with Gasteiger partial charge in [-0.2, -0.15) is 0 Å². The highest BCUT2D eigenvalue weighted by Gasteiger charge is 2.24. The minimum Gasteiger partial charge on any atom is -0.357 e. The SMILES string of the molecule is C\C=C(C)/C(=C\C=C\CC)CN(C=O)C(CCC=O)C(=O)NC. The third-order valence-corrected chi connectivity index (χ3v) is 3.60. The van der Waals surface area contributed by atoms with Crippen LogP contribution in [0.1, 0.15) is 40.0 Å². The molecule has 0 aliphatic carbocycles. The van der Waals surface area contributed by atoms with Crippen molar-refractivity contribution in [3.63, 3.8) is 0 Å². The fraction of sp³-hybridized carbons (Fsp3) is 0.500. The van der Waals surface area contributed by atoms with Gasteiger partial charge in [-0.3, -0.25) is 9.59 Å². The first-order valence-electron chi connectivity index (χ1n) is 7.90. The Kier molecular flexibility index (Phi) is 11.2. The molecule has 23 heavy (non-hydrogen) atoms. The van der Waals surface area contributed by atoms with Gasteiger partial charge >= 0.3 is 0 Å². The first-order valence-corrected chi connectivity index (χ1v) is 7.90. The Bertz CT molecular complexity index is 479. The number of nitrogens with zero attached hydrogens (tertiary/aromatic N) is 1. The van der Waals surface area contributed by atoms with E-state index in [0.29, 0.717) is 19.4 Å². The summed E-state index contributed by atoms with van der Waals surface area (Å²) in [6.07, 6.45) is 10.8. The van der Waals surface area contributed by atoms with Crippen LogP contribution in [0.5, 0.6) is 0 Å². The molecule has 128 valence electrons. The standard InChI is InChI=1S/C18H28N2O3/c1-5-7-8-10-16(15(3)6-2)13-20(14-22)17(11-9-12-21)18(23)19-4/h6-8,10,12,14,17H,5,9,11,13H2,1-4H3,(H,19,23)/b8-7+,15-6-,16-10-. The molecule has 0 aliphatic rings. The van der Waals surface area contributed by atoms with Crippen molar-refractivity contribution < 1.29 is 14.4 Å². The van der Waals surface area contributed by atoms with Gasteiger partial charge in [0.25, 0.3) is 0 Å². The first-order chi connectivity index (χ1) is 11.0. The van der Waals surface area contributed by atoms with Gasteiger partial charge in [0, 0.05) is 20.0 Å². The van der Waals surface area contributed by atoms with Crippen LogP contribution in [-0.2, 0) is 14.4 Å². The Morgan fingerprint density at radius 3 is 2.48 bits per heavy atom. The van der Waals surface area contributed by atoms with Gasteiger partial charge in [0.15, 0.2) is 0 Å². The summed E-state index contributed by atoms with van der Waals surface area (Å²) in [6, 6.07) is -0.647. The highest BCUT2D eigenvalue weighted by Crippen LogP contribution is 2.15. The van der Waals surface area contributed by atoms with Crippen molar-refractivity contribution in [2.75, 3.05) is 13.6 Å². The van der Waals surface area contributed by atoms with E-state index < -0.39 is 6.04 Å². The zero-order valence-corrected chi connectivity index (χ0v) is 14.5.